The highest BCUT2D eigenvalue weighted by Crippen LogP contribution is 2.18. The van der Waals surface area contributed by atoms with Crippen LogP contribution in [0.4, 0.5) is 0 Å². The SMILES string of the molecule is CN(C)S(=O)(=O)c1ccc(COC(=O)c2cncc(Br)c2)o1. The number of furan rings is 1. The van der Waals surface area contributed by atoms with Crippen molar-refractivity contribution in [3.63, 3.8) is 0 Å². The molecule has 0 aromatic carbocycles. The predicted molar refractivity (Wildman–Crippen MR) is 80.6 cm³/mol. The van der Waals surface area contributed by atoms with E-state index in [-0.39, 0.29) is 23.0 Å². The lowest BCUT2D eigenvalue weighted by Crippen LogP contribution is -2.21. The molecule has 2 rings (SSSR count). The number of aromatic nitrogens is 1. The molecule has 0 radical (unpaired) electrons. The molecule has 0 unspecified atom stereocenters. The average molecular weight is 389 g/mol. The van der Waals surface area contributed by atoms with Crippen molar-refractivity contribution in [2.75, 3.05) is 14.1 Å². The van der Waals surface area contributed by atoms with Crippen LogP contribution in [0, 0.1) is 0 Å². The summed E-state index contributed by atoms with van der Waals surface area (Å²) in [6.07, 6.45) is 2.92. The van der Waals surface area contributed by atoms with Crippen LogP contribution in [0.1, 0.15) is 16.1 Å². The molecule has 7 nitrogen and oxygen atoms in total. The second-order valence-electron chi connectivity index (χ2n) is 4.48. The third-order valence-electron chi connectivity index (χ3n) is 2.66. The Morgan fingerprint density at radius 1 is 1.36 bits per heavy atom. The summed E-state index contributed by atoms with van der Waals surface area (Å²) in [6.45, 7) is -0.172. The van der Waals surface area contributed by atoms with E-state index in [9.17, 15) is 13.2 Å². The van der Waals surface area contributed by atoms with Gasteiger partial charge in [0.1, 0.15) is 12.4 Å². The van der Waals surface area contributed by atoms with Crippen molar-refractivity contribution in [2.24, 2.45) is 0 Å². The van der Waals surface area contributed by atoms with Crippen LogP contribution in [0.3, 0.4) is 0 Å². The zero-order valence-electron chi connectivity index (χ0n) is 11.8. The average Bonchev–Trinajstić information content (AvgIpc) is 2.94. The van der Waals surface area contributed by atoms with Gasteiger partial charge in [-0.1, -0.05) is 0 Å². The number of halogens is 1. The summed E-state index contributed by atoms with van der Waals surface area (Å²) in [4.78, 5) is 15.7. The topological polar surface area (TPSA) is 89.7 Å². The fraction of sp³-hybridized carbons (Fsp3) is 0.231. The molecule has 0 N–H and O–H groups in total. The van der Waals surface area contributed by atoms with Crippen molar-refractivity contribution in [2.45, 2.75) is 11.7 Å². The van der Waals surface area contributed by atoms with Gasteiger partial charge in [0.25, 0.3) is 10.0 Å². The largest absolute Gasteiger partial charge is 0.454 e. The number of carbonyl (C=O) groups is 1. The molecule has 118 valence electrons. The van der Waals surface area contributed by atoms with E-state index < -0.39 is 16.0 Å². The Hall–Kier alpha value is -1.71. The van der Waals surface area contributed by atoms with Crippen LogP contribution >= 0.6 is 15.9 Å². The Bertz CT molecular complexity index is 785. The predicted octanol–water partition coefficient (Wildman–Crippen LogP) is 2.04. The first-order valence-electron chi connectivity index (χ1n) is 6.09. The molecule has 2 heterocycles. The highest BCUT2D eigenvalue weighted by atomic mass is 79.9. The van der Waals surface area contributed by atoms with Gasteiger partial charge in [0.05, 0.1) is 5.56 Å². The van der Waals surface area contributed by atoms with Gasteiger partial charge < -0.3 is 9.15 Å². The normalized spacial score (nSPS) is 11.6. The zero-order valence-corrected chi connectivity index (χ0v) is 14.2. The van der Waals surface area contributed by atoms with Gasteiger partial charge in [-0.15, -0.1) is 0 Å². The number of nitrogens with zero attached hydrogens (tertiary/aromatic N) is 2. The van der Waals surface area contributed by atoms with E-state index in [0.29, 0.717) is 4.47 Å². The molecule has 0 fully saturated rings. The minimum absolute atomic E-state index is 0.172. The molecule has 0 aliphatic rings. The number of ether oxygens (including phenoxy) is 1. The Labute approximate surface area is 136 Å². The van der Waals surface area contributed by atoms with Crippen molar-refractivity contribution in [3.05, 3.63) is 46.4 Å². The number of esters is 1. The van der Waals surface area contributed by atoms with Crippen LogP contribution in [0.25, 0.3) is 0 Å². The van der Waals surface area contributed by atoms with Gasteiger partial charge in [-0.3, -0.25) is 4.98 Å². The minimum Gasteiger partial charge on any atom is -0.454 e. The standard InChI is InChI=1S/C13H13BrN2O5S/c1-16(2)22(18,19)12-4-3-11(21-12)8-20-13(17)9-5-10(14)7-15-6-9/h3-7H,8H2,1-2H3. The molecular weight excluding hydrogens is 376 g/mol. The van der Waals surface area contributed by atoms with Gasteiger partial charge in [-0.2, -0.15) is 0 Å². The minimum atomic E-state index is -3.64. The Morgan fingerprint density at radius 2 is 2.09 bits per heavy atom. The highest BCUT2D eigenvalue weighted by molar-refractivity contribution is 9.10. The van der Waals surface area contributed by atoms with E-state index in [1.54, 1.807) is 12.3 Å². The van der Waals surface area contributed by atoms with Crippen molar-refractivity contribution < 1.29 is 22.4 Å². The first-order valence-corrected chi connectivity index (χ1v) is 8.33. The lowest BCUT2D eigenvalue weighted by molar-refractivity contribution is 0.0440. The van der Waals surface area contributed by atoms with Crippen LogP contribution in [0.15, 0.2) is 44.6 Å². The van der Waals surface area contributed by atoms with E-state index in [0.717, 1.165) is 4.31 Å². The second kappa shape index (κ2) is 6.59. The smallest absolute Gasteiger partial charge is 0.340 e. The number of rotatable bonds is 5. The number of hydrogen-bond acceptors (Lipinski definition) is 6. The molecule has 22 heavy (non-hydrogen) atoms. The van der Waals surface area contributed by atoms with Crippen molar-refractivity contribution in [1.82, 2.24) is 9.29 Å². The maximum atomic E-state index is 11.9. The number of carbonyl (C=O) groups excluding carboxylic acids is 1. The maximum absolute atomic E-state index is 11.9. The molecule has 2 aromatic rings. The first kappa shape index (κ1) is 16.7. The third-order valence-corrected chi connectivity index (χ3v) is 4.78. The fourth-order valence-corrected chi connectivity index (χ4v) is 2.67. The zero-order chi connectivity index (χ0) is 16.3. The Morgan fingerprint density at radius 3 is 2.73 bits per heavy atom. The van der Waals surface area contributed by atoms with E-state index in [1.165, 1.54) is 32.4 Å². The van der Waals surface area contributed by atoms with Gasteiger partial charge in [-0.05, 0) is 34.1 Å². The highest BCUT2D eigenvalue weighted by Gasteiger charge is 2.21. The van der Waals surface area contributed by atoms with E-state index in [1.807, 2.05) is 0 Å². The summed E-state index contributed by atoms with van der Waals surface area (Å²) >= 11 is 3.21. The fourth-order valence-electron chi connectivity index (χ4n) is 1.50. The Kier molecular flexibility index (Phi) is 4.99. The van der Waals surface area contributed by atoms with E-state index >= 15 is 0 Å². The first-order chi connectivity index (χ1) is 10.3. The van der Waals surface area contributed by atoms with Crippen molar-refractivity contribution in [3.8, 4) is 0 Å². The van der Waals surface area contributed by atoms with Crippen LogP contribution < -0.4 is 0 Å². The molecular formula is C13H13BrN2O5S. The molecule has 0 saturated heterocycles. The summed E-state index contributed by atoms with van der Waals surface area (Å²) < 4.78 is 35.6. The van der Waals surface area contributed by atoms with Gasteiger partial charge in [0.2, 0.25) is 5.09 Å². The van der Waals surface area contributed by atoms with Crippen molar-refractivity contribution >= 4 is 31.9 Å². The van der Waals surface area contributed by atoms with Crippen LogP contribution in [0.5, 0.6) is 0 Å². The number of hydrogen-bond donors (Lipinski definition) is 0. The summed E-state index contributed by atoms with van der Waals surface area (Å²) in [6, 6.07) is 4.33. The number of pyridine rings is 1. The van der Waals surface area contributed by atoms with Gasteiger partial charge in [-0.25, -0.2) is 17.5 Å². The lowest BCUT2D eigenvalue weighted by atomic mass is 10.3. The molecule has 0 saturated carbocycles. The summed E-state index contributed by atoms with van der Waals surface area (Å²) in [5, 5.41) is -0.201. The molecule has 0 spiro atoms. The molecule has 0 aliphatic heterocycles. The maximum Gasteiger partial charge on any atom is 0.340 e. The summed E-state index contributed by atoms with van der Waals surface area (Å²) in [7, 11) is -0.841. The van der Waals surface area contributed by atoms with Crippen LogP contribution in [-0.2, 0) is 21.4 Å². The van der Waals surface area contributed by atoms with Crippen LogP contribution in [0.2, 0.25) is 0 Å². The lowest BCUT2D eigenvalue weighted by Gasteiger charge is -2.07. The molecule has 0 amide bonds. The molecule has 0 atom stereocenters. The second-order valence-corrected chi connectivity index (χ2v) is 7.47. The van der Waals surface area contributed by atoms with Gasteiger partial charge in [0.15, 0.2) is 0 Å². The Balaban J connectivity index is 2.04. The van der Waals surface area contributed by atoms with Gasteiger partial charge >= 0.3 is 5.97 Å². The van der Waals surface area contributed by atoms with E-state index in [4.69, 9.17) is 9.15 Å². The monoisotopic (exact) mass is 388 g/mol. The van der Waals surface area contributed by atoms with Crippen molar-refractivity contribution in [1.29, 1.82) is 0 Å². The molecule has 0 aliphatic carbocycles. The summed E-state index contributed by atoms with van der Waals surface area (Å²) in [5.74, 6) is -0.348. The quantitative estimate of drug-likeness (QED) is 0.728. The van der Waals surface area contributed by atoms with E-state index in [2.05, 4.69) is 20.9 Å². The molecule has 2 aromatic heterocycles. The van der Waals surface area contributed by atoms with Crippen LogP contribution in [-0.4, -0.2) is 37.8 Å². The summed E-state index contributed by atoms with van der Waals surface area (Å²) in [5.41, 5.74) is 0.280. The third kappa shape index (κ3) is 3.73. The van der Waals surface area contributed by atoms with Gasteiger partial charge in [0, 0.05) is 31.0 Å². The number of sulfonamides is 1. The molecule has 0 bridgehead atoms. The molecule has 9 heteroatoms.